The van der Waals surface area contributed by atoms with Gasteiger partial charge < -0.3 is 5.11 Å². The van der Waals surface area contributed by atoms with Crippen LogP contribution in [0.15, 0.2) is 23.1 Å². The van der Waals surface area contributed by atoms with Crippen LogP contribution in [0.2, 0.25) is 0 Å². The van der Waals surface area contributed by atoms with E-state index in [1.54, 1.807) is 0 Å². The van der Waals surface area contributed by atoms with Crippen LogP contribution in [0.3, 0.4) is 0 Å². The second-order valence-electron chi connectivity index (χ2n) is 5.77. The average Bonchev–Trinajstić information content (AvgIpc) is 2.90. The highest BCUT2D eigenvalue weighted by Crippen LogP contribution is 2.36. The van der Waals surface area contributed by atoms with Crippen molar-refractivity contribution >= 4 is 16.0 Å². The topological polar surface area (TPSA) is 98.5 Å². The van der Waals surface area contributed by atoms with Crippen LogP contribution in [0, 0.1) is 16.7 Å². The monoisotopic (exact) mass is 362 g/mol. The van der Waals surface area contributed by atoms with Gasteiger partial charge in [-0.15, -0.1) is 0 Å². The summed E-state index contributed by atoms with van der Waals surface area (Å²) in [5, 5.41) is 18.0. The van der Waals surface area contributed by atoms with Gasteiger partial charge in [-0.05, 0) is 31.5 Å². The molecular weight excluding hydrogens is 349 g/mol. The van der Waals surface area contributed by atoms with E-state index in [9.17, 15) is 26.4 Å². The molecule has 0 spiro atoms. The molecule has 1 atom stereocenters. The van der Waals surface area contributed by atoms with Crippen molar-refractivity contribution in [3.8, 4) is 6.07 Å². The van der Waals surface area contributed by atoms with Crippen molar-refractivity contribution < 1.29 is 31.5 Å². The first-order valence-corrected chi connectivity index (χ1v) is 8.21. The van der Waals surface area contributed by atoms with E-state index < -0.39 is 43.6 Å². The molecule has 1 aliphatic heterocycles. The van der Waals surface area contributed by atoms with Gasteiger partial charge in [0.15, 0.2) is 0 Å². The lowest BCUT2D eigenvalue weighted by molar-refractivity contribution is -0.147. The van der Waals surface area contributed by atoms with Gasteiger partial charge in [-0.1, -0.05) is 0 Å². The fourth-order valence-electron chi connectivity index (χ4n) is 2.47. The molecule has 1 aromatic carbocycles. The Morgan fingerprint density at radius 1 is 1.42 bits per heavy atom. The van der Waals surface area contributed by atoms with Gasteiger partial charge in [-0.3, -0.25) is 4.79 Å². The Bertz CT molecular complexity index is 829. The van der Waals surface area contributed by atoms with E-state index in [-0.39, 0.29) is 19.5 Å². The molecule has 0 radical (unpaired) electrons. The van der Waals surface area contributed by atoms with Crippen LogP contribution < -0.4 is 0 Å². The van der Waals surface area contributed by atoms with Crippen LogP contribution in [0.1, 0.15) is 24.5 Å². The fourth-order valence-corrected chi connectivity index (χ4v) is 4.06. The Morgan fingerprint density at radius 2 is 2.04 bits per heavy atom. The maximum atomic E-state index is 12.8. The lowest BCUT2D eigenvalue weighted by atomic mass is 9.90. The van der Waals surface area contributed by atoms with Crippen molar-refractivity contribution in [1.82, 2.24) is 4.31 Å². The van der Waals surface area contributed by atoms with E-state index in [4.69, 9.17) is 10.4 Å². The molecule has 1 fully saturated rings. The molecule has 1 aromatic rings. The van der Waals surface area contributed by atoms with Crippen molar-refractivity contribution in [3.63, 3.8) is 0 Å². The number of halogens is 3. The van der Waals surface area contributed by atoms with Crippen LogP contribution in [0.25, 0.3) is 0 Å². The van der Waals surface area contributed by atoms with Crippen molar-refractivity contribution in [3.05, 3.63) is 29.3 Å². The molecule has 0 saturated carbocycles. The van der Waals surface area contributed by atoms with Crippen molar-refractivity contribution in [2.45, 2.75) is 24.4 Å². The summed E-state index contributed by atoms with van der Waals surface area (Å²) in [5.41, 5.74) is -3.28. The second kappa shape index (κ2) is 5.75. The second-order valence-corrected chi connectivity index (χ2v) is 7.71. The molecule has 130 valence electrons. The molecule has 1 saturated heterocycles. The van der Waals surface area contributed by atoms with Crippen LogP contribution in [-0.2, 0) is 21.0 Å². The lowest BCUT2D eigenvalue weighted by Crippen LogP contribution is -2.35. The first-order chi connectivity index (χ1) is 10.9. The Balaban J connectivity index is 2.42. The summed E-state index contributed by atoms with van der Waals surface area (Å²) in [4.78, 5) is 10.7. The number of hydrogen-bond donors (Lipinski definition) is 1. The highest BCUT2D eigenvalue weighted by molar-refractivity contribution is 7.89. The lowest BCUT2D eigenvalue weighted by Gasteiger charge is -2.20. The predicted molar refractivity (Wildman–Crippen MR) is 75.3 cm³/mol. The molecule has 0 amide bonds. The number of nitriles is 1. The quantitative estimate of drug-likeness (QED) is 0.887. The van der Waals surface area contributed by atoms with Crippen molar-refractivity contribution in [2.75, 3.05) is 13.1 Å². The van der Waals surface area contributed by atoms with E-state index in [1.807, 2.05) is 0 Å². The molecule has 2 rings (SSSR count). The van der Waals surface area contributed by atoms with Gasteiger partial charge in [0, 0.05) is 13.1 Å². The summed E-state index contributed by atoms with van der Waals surface area (Å²) < 4.78 is 64.3. The average molecular weight is 362 g/mol. The van der Waals surface area contributed by atoms with Crippen LogP contribution in [0.5, 0.6) is 0 Å². The molecule has 1 heterocycles. The largest absolute Gasteiger partial charge is 0.481 e. The van der Waals surface area contributed by atoms with Crippen molar-refractivity contribution in [2.24, 2.45) is 5.41 Å². The normalized spacial score (nSPS) is 22.3. The highest BCUT2D eigenvalue weighted by Gasteiger charge is 2.45. The Hall–Kier alpha value is -2.12. The zero-order valence-electron chi connectivity index (χ0n) is 12.5. The van der Waals surface area contributed by atoms with E-state index in [0.717, 1.165) is 10.4 Å². The summed E-state index contributed by atoms with van der Waals surface area (Å²) in [5.74, 6) is -1.15. The fraction of sp³-hybridized carbons (Fsp3) is 0.429. The number of carboxylic acid groups (broad SMARTS) is 1. The van der Waals surface area contributed by atoms with Gasteiger partial charge in [0.05, 0.1) is 27.5 Å². The number of hydrogen-bond acceptors (Lipinski definition) is 4. The molecule has 1 aliphatic rings. The Labute approximate surface area is 136 Å². The summed E-state index contributed by atoms with van der Waals surface area (Å²) in [6.07, 6.45) is -4.68. The molecule has 1 N–H and O–H groups in total. The Kier molecular flexibility index (Phi) is 4.37. The number of sulfonamides is 1. The first-order valence-electron chi connectivity index (χ1n) is 6.77. The predicted octanol–water partition coefficient (Wildman–Crippen LogP) is 2.06. The molecular formula is C14H13F3N2O4S. The third kappa shape index (κ3) is 3.09. The van der Waals surface area contributed by atoms with Crippen LogP contribution >= 0.6 is 0 Å². The summed E-state index contributed by atoms with van der Waals surface area (Å²) in [6, 6.07) is 3.32. The van der Waals surface area contributed by atoms with Gasteiger partial charge in [0.25, 0.3) is 0 Å². The van der Waals surface area contributed by atoms with E-state index in [1.165, 1.54) is 13.0 Å². The van der Waals surface area contributed by atoms with E-state index in [0.29, 0.717) is 12.1 Å². The van der Waals surface area contributed by atoms with Gasteiger partial charge in [0.1, 0.15) is 0 Å². The number of rotatable bonds is 3. The zero-order chi connectivity index (χ0) is 18.3. The van der Waals surface area contributed by atoms with E-state index >= 15 is 0 Å². The SMILES string of the molecule is CC1(C(=O)O)CCN(S(=O)(=O)c2ccc(C(F)(F)F)c(C#N)c2)C1. The molecule has 1 unspecified atom stereocenters. The zero-order valence-corrected chi connectivity index (χ0v) is 13.3. The number of carbonyl (C=O) groups is 1. The summed E-state index contributed by atoms with van der Waals surface area (Å²) in [6.45, 7) is 1.06. The van der Waals surface area contributed by atoms with E-state index in [2.05, 4.69) is 0 Å². The van der Waals surface area contributed by atoms with Crippen LogP contribution in [0.4, 0.5) is 13.2 Å². The van der Waals surface area contributed by atoms with Gasteiger partial charge in [0.2, 0.25) is 10.0 Å². The molecule has 24 heavy (non-hydrogen) atoms. The standard InChI is InChI=1S/C14H13F3N2O4S/c1-13(12(20)21)4-5-19(8-13)24(22,23)10-2-3-11(14(15,16)17)9(6-10)7-18/h2-3,6H,4-5,8H2,1H3,(H,20,21). The molecule has 0 aliphatic carbocycles. The molecule has 6 nitrogen and oxygen atoms in total. The third-order valence-corrected chi connectivity index (χ3v) is 5.85. The number of aliphatic carboxylic acids is 1. The minimum atomic E-state index is -4.77. The summed E-state index contributed by atoms with van der Waals surface area (Å²) in [7, 11) is -4.19. The Morgan fingerprint density at radius 3 is 2.50 bits per heavy atom. The maximum Gasteiger partial charge on any atom is 0.417 e. The highest BCUT2D eigenvalue weighted by atomic mass is 32.2. The molecule has 0 bridgehead atoms. The van der Waals surface area contributed by atoms with Gasteiger partial charge >= 0.3 is 12.1 Å². The number of benzene rings is 1. The summed E-state index contributed by atoms with van der Waals surface area (Å²) >= 11 is 0. The minimum Gasteiger partial charge on any atom is -0.481 e. The molecule has 0 aromatic heterocycles. The smallest absolute Gasteiger partial charge is 0.417 e. The number of nitrogens with zero attached hydrogens (tertiary/aromatic N) is 2. The number of carboxylic acids is 1. The maximum absolute atomic E-state index is 12.8. The van der Waals surface area contributed by atoms with Gasteiger partial charge in [-0.2, -0.15) is 22.7 Å². The van der Waals surface area contributed by atoms with Crippen molar-refractivity contribution in [1.29, 1.82) is 5.26 Å². The van der Waals surface area contributed by atoms with Crippen LogP contribution in [-0.4, -0.2) is 36.9 Å². The molecule has 10 heteroatoms. The number of alkyl halides is 3. The minimum absolute atomic E-state index is 0.0615. The van der Waals surface area contributed by atoms with Gasteiger partial charge in [-0.25, -0.2) is 8.42 Å². The third-order valence-electron chi connectivity index (χ3n) is 4.01. The first kappa shape index (κ1) is 18.2.